The molecule has 68 valence electrons. The first kappa shape index (κ1) is 11.0. The SMILES string of the molecule is CC[C@@H](CCNC)CC(C)C. The Balaban J connectivity index is 3.41. The van der Waals surface area contributed by atoms with Gasteiger partial charge in [0.25, 0.3) is 0 Å². The first-order chi connectivity index (χ1) is 5.20. The van der Waals surface area contributed by atoms with Crippen LogP contribution in [0.5, 0.6) is 0 Å². The summed E-state index contributed by atoms with van der Waals surface area (Å²) in [6, 6.07) is 0. The molecule has 0 rings (SSSR count). The fourth-order valence-corrected chi connectivity index (χ4v) is 1.50. The predicted octanol–water partition coefficient (Wildman–Crippen LogP) is 2.67. The van der Waals surface area contributed by atoms with Gasteiger partial charge in [0.1, 0.15) is 0 Å². The molecule has 0 radical (unpaired) electrons. The molecule has 1 atom stereocenters. The standard InChI is InChI=1S/C10H23N/c1-5-10(6-7-11-4)8-9(2)3/h9-11H,5-8H2,1-4H3/t10-/m0/s1. The third kappa shape index (κ3) is 6.36. The molecule has 0 bridgehead atoms. The van der Waals surface area contributed by atoms with Crippen LogP contribution in [0, 0.1) is 11.8 Å². The van der Waals surface area contributed by atoms with Gasteiger partial charge in [-0.15, -0.1) is 0 Å². The molecule has 0 aromatic heterocycles. The summed E-state index contributed by atoms with van der Waals surface area (Å²) in [5.41, 5.74) is 0. The Hall–Kier alpha value is -0.0400. The van der Waals surface area contributed by atoms with Crippen LogP contribution in [-0.4, -0.2) is 13.6 Å². The lowest BCUT2D eigenvalue weighted by Crippen LogP contribution is -2.14. The van der Waals surface area contributed by atoms with E-state index in [1.807, 2.05) is 7.05 Å². The number of rotatable bonds is 6. The third-order valence-corrected chi connectivity index (χ3v) is 2.18. The summed E-state index contributed by atoms with van der Waals surface area (Å²) in [5.74, 6) is 1.79. The van der Waals surface area contributed by atoms with E-state index in [-0.39, 0.29) is 0 Å². The Morgan fingerprint density at radius 2 is 1.91 bits per heavy atom. The molecule has 0 aliphatic carbocycles. The molecule has 1 N–H and O–H groups in total. The Bertz CT molecular complexity index is 78.9. The molecule has 0 aromatic rings. The molecule has 1 nitrogen and oxygen atoms in total. The fraction of sp³-hybridized carbons (Fsp3) is 1.00. The van der Waals surface area contributed by atoms with Crippen molar-refractivity contribution in [2.45, 2.75) is 40.0 Å². The molecule has 0 aliphatic heterocycles. The van der Waals surface area contributed by atoms with Crippen molar-refractivity contribution in [3.8, 4) is 0 Å². The summed E-state index contributed by atoms with van der Waals surface area (Å²) < 4.78 is 0. The van der Waals surface area contributed by atoms with Crippen LogP contribution in [0.15, 0.2) is 0 Å². The van der Waals surface area contributed by atoms with Gasteiger partial charge in [-0.2, -0.15) is 0 Å². The maximum atomic E-state index is 3.21. The maximum absolute atomic E-state index is 3.21. The van der Waals surface area contributed by atoms with Crippen LogP contribution < -0.4 is 5.32 Å². The van der Waals surface area contributed by atoms with Crippen LogP contribution >= 0.6 is 0 Å². The van der Waals surface area contributed by atoms with Gasteiger partial charge in [0.2, 0.25) is 0 Å². The molecular formula is C10H23N. The lowest BCUT2D eigenvalue weighted by atomic mass is 9.92. The second kappa shape index (κ2) is 6.66. The van der Waals surface area contributed by atoms with E-state index >= 15 is 0 Å². The van der Waals surface area contributed by atoms with Crippen LogP contribution in [-0.2, 0) is 0 Å². The van der Waals surface area contributed by atoms with Gasteiger partial charge in [-0.3, -0.25) is 0 Å². The van der Waals surface area contributed by atoms with Gasteiger partial charge < -0.3 is 5.32 Å². The lowest BCUT2D eigenvalue weighted by Gasteiger charge is -2.16. The summed E-state index contributed by atoms with van der Waals surface area (Å²) in [5, 5.41) is 3.21. The minimum Gasteiger partial charge on any atom is -0.320 e. The lowest BCUT2D eigenvalue weighted by molar-refractivity contribution is 0.373. The second-order valence-corrected chi connectivity index (χ2v) is 3.80. The Morgan fingerprint density at radius 3 is 2.27 bits per heavy atom. The molecular weight excluding hydrogens is 134 g/mol. The van der Waals surface area contributed by atoms with Gasteiger partial charge in [0.15, 0.2) is 0 Å². The molecule has 0 unspecified atom stereocenters. The summed E-state index contributed by atoms with van der Waals surface area (Å²) in [7, 11) is 2.03. The van der Waals surface area contributed by atoms with Crippen molar-refractivity contribution in [1.29, 1.82) is 0 Å². The van der Waals surface area contributed by atoms with Gasteiger partial charge in [-0.25, -0.2) is 0 Å². The van der Waals surface area contributed by atoms with Crippen LogP contribution in [0.1, 0.15) is 40.0 Å². The predicted molar refractivity (Wildman–Crippen MR) is 51.8 cm³/mol. The van der Waals surface area contributed by atoms with Crippen molar-refractivity contribution >= 4 is 0 Å². The zero-order chi connectivity index (χ0) is 8.69. The number of hydrogen-bond acceptors (Lipinski definition) is 1. The van der Waals surface area contributed by atoms with Crippen LogP contribution in [0.3, 0.4) is 0 Å². The third-order valence-electron chi connectivity index (χ3n) is 2.18. The number of hydrogen-bond donors (Lipinski definition) is 1. The molecule has 0 aromatic carbocycles. The van der Waals surface area contributed by atoms with E-state index in [9.17, 15) is 0 Å². The highest BCUT2D eigenvalue weighted by Gasteiger charge is 2.07. The van der Waals surface area contributed by atoms with Gasteiger partial charge in [0.05, 0.1) is 0 Å². The van der Waals surface area contributed by atoms with Crippen molar-refractivity contribution in [2.75, 3.05) is 13.6 Å². The zero-order valence-electron chi connectivity index (χ0n) is 8.48. The van der Waals surface area contributed by atoms with Crippen molar-refractivity contribution in [2.24, 2.45) is 11.8 Å². The van der Waals surface area contributed by atoms with E-state index in [1.54, 1.807) is 0 Å². The van der Waals surface area contributed by atoms with E-state index in [2.05, 4.69) is 26.1 Å². The van der Waals surface area contributed by atoms with E-state index in [4.69, 9.17) is 0 Å². The normalized spacial score (nSPS) is 13.9. The zero-order valence-corrected chi connectivity index (χ0v) is 8.48. The van der Waals surface area contributed by atoms with E-state index in [0.717, 1.165) is 11.8 Å². The van der Waals surface area contributed by atoms with Gasteiger partial charge in [-0.1, -0.05) is 27.2 Å². The average Bonchev–Trinajstić information content (AvgIpc) is 1.97. The molecule has 0 amide bonds. The van der Waals surface area contributed by atoms with Crippen molar-refractivity contribution in [1.82, 2.24) is 5.32 Å². The fourth-order valence-electron chi connectivity index (χ4n) is 1.50. The molecule has 0 heterocycles. The van der Waals surface area contributed by atoms with Crippen molar-refractivity contribution in [3.05, 3.63) is 0 Å². The summed E-state index contributed by atoms with van der Waals surface area (Å²) in [6.45, 7) is 8.08. The molecule has 0 saturated heterocycles. The van der Waals surface area contributed by atoms with E-state index in [1.165, 1.54) is 25.8 Å². The smallest absolute Gasteiger partial charge is 0.00493 e. The highest BCUT2D eigenvalue weighted by atomic mass is 14.8. The first-order valence-electron chi connectivity index (χ1n) is 4.85. The molecule has 11 heavy (non-hydrogen) atoms. The summed E-state index contributed by atoms with van der Waals surface area (Å²) in [6.07, 6.45) is 4.06. The van der Waals surface area contributed by atoms with Crippen LogP contribution in [0.2, 0.25) is 0 Å². The maximum Gasteiger partial charge on any atom is -0.00493 e. The second-order valence-electron chi connectivity index (χ2n) is 3.80. The quantitative estimate of drug-likeness (QED) is 0.625. The van der Waals surface area contributed by atoms with Gasteiger partial charge in [0, 0.05) is 0 Å². The van der Waals surface area contributed by atoms with E-state index < -0.39 is 0 Å². The van der Waals surface area contributed by atoms with Crippen LogP contribution in [0.4, 0.5) is 0 Å². The Kier molecular flexibility index (Phi) is 6.63. The summed E-state index contributed by atoms with van der Waals surface area (Å²) >= 11 is 0. The molecule has 0 aliphatic rings. The largest absolute Gasteiger partial charge is 0.320 e. The molecule has 0 spiro atoms. The monoisotopic (exact) mass is 157 g/mol. The Labute approximate surface area is 71.6 Å². The molecule has 0 fully saturated rings. The van der Waals surface area contributed by atoms with E-state index in [0.29, 0.717) is 0 Å². The first-order valence-corrected chi connectivity index (χ1v) is 4.85. The minimum absolute atomic E-state index is 0.858. The average molecular weight is 157 g/mol. The van der Waals surface area contributed by atoms with Crippen LogP contribution in [0.25, 0.3) is 0 Å². The highest BCUT2D eigenvalue weighted by Crippen LogP contribution is 2.17. The van der Waals surface area contributed by atoms with Crippen molar-refractivity contribution in [3.63, 3.8) is 0 Å². The van der Waals surface area contributed by atoms with Crippen molar-refractivity contribution < 1.29 is 0 Å². The van der Waals surface area contributed by atoms with Gasteiger partial charge in [-0.05, 0) is 38.3 Å². The topological polar surface area (TPSA) is 12.0 Å². The molecule has 0 saturated carbocycles. The highest BCUT2D eigenvalue weighted by molar-refractivity contribution is 4.60. The molecule has 1 heteroatoms. The van der Waals surface area contributed by atoms with Gasteiger partial charge >= 0.3 is 0 Å². The number of nitrogens with one attached hydrogen (secondary N) is 1. The summed E-state index contributed by atoms with van der Waals surface area (Å²) in [4.78, 5) is 0. The minimum atomic E-state index is 0.858. The Morgan fingerprint density at radius 1 is 1.27 bits per heavy atom.